The van der Waals surface area contributed by atoms with Gasteiger partial charge in [-0.2, -0.15) is 0 Å². The Bertz CT molecular complexity index is 803. The van der Waals surface area contributed by atoms with Crippen LogP contribution in [0.2, 0.25) is 0 Å². The zero-order valence-electron chi connectivity index (χ0n) is 21.3. The molecule has 33 heavy (non-hydrogen) atoms. The van der Waals surface area contributed by atoms with Crippen LogP contribution in [0.1, 0.15) is 124 Å². The van der Waals surface area contributed by atoms with E-state index in [9.17, 15) is 4.79 Å². The van der Waals surface area contributed by atoms with Gasteiger partial charge in [-0.25, -0.2) is 0 Å². The first-order chi connectivity index (χ1) is 16.2. The highest BCUT2D eigenvalue weighted by molar-refractivity contribution is 6.06. The number of hydrogen-bond acceptors (Lipinski definition) is 1. The normalized spacial score (nSPS) is 11.3. The largest absolute Gasteiger partial charge is 0.289 e. The lowest BCUT2D eigenvalue weighted by molar-refractivity contribution is 0.104. The van der Waals surface area contributed by atoms with Gasteiger partial charge < -0.3 is 0 Å². The maximum atomic E-state index is 12.3. The van der Waals surface area contributed by atoms with Crippen molar-refractivity contribution in [3.8, 4) is 0 Å². The summed E-state index contributed by atoms with van der Waals surface area (Å²) in [5, 5.41) is 0. The third kappa shape index (κ3) is 12.0. The SMILES string of the molecule is CCCCCCCCCCCCCCCCc1cc(C=CC(=O)c2ccccc2)ccc1C. The number of hydrogen-bond donors (Lipinski definition) is 0. The van der Waals surface area contributed by atoms with Crippen molar-refractivity contribution in [1.29, 1.82) is 0 Å². The molecule has 0 amide bonds. The molecule has 180 valence electrons. The van der Waals surface area contributed by atoms with Crippen molar-refractivity contribution in [3.63, 3.8) is 0 Å². The predicted octanol–water partition coefficient (Wildman–Crippen LogP) is 9.91. The summed E-state index contributed by atoms with van der Waals surface area (Å²) in [6.07, 6.45) is 24.3. The summed E-state index contributed by atoms with van der Waals surface area (Å²) in [6, 6.07) is 16.0. The Kier molecular flexibility index (Phi) is 14.2. The van der Waals surface area contributed by atoms with Crippen LogP contribution in [0.3, 0.4) is 0 Å². The van der Waals surface area contributed by atoms with E-state index in [4.69, 9.17) is 0 Å². The van der Waals surface area contributed by atoms with E-state index in [0.29, 0.717) is 0 Å². The van der Waals surface area contributed by atoms with E-state index in [1.165, 1.54) is 101 Å². The van der Waals surface area contributed by atoms with Crippen LogP contribution in [0.4, 0.5) is 0 Å². The zero-order valence-corrected chi connectivity index (χ0v) is 21.3. The molecule has 0 heterocycles. The van der Waals surface area contributed by atoms with Gasteiger partial charge in [-0.05, 0) is 42.5 Å². The van der Waals surface area contributed by atoms with Gasteiger partial charge in [-0.15, -0.1) is 0 Å². The predicted molar refractivity (Wildman–Crippen MR) is 145 cm³/mol. The highest BCUT2D eigenvalue weighted by Gasteiger charge is 2.02. The first kappa shape index (κ1) is 27.1. The number of rotatable bonds is 18. The molecule has 0 fully saturated rings. The van der Waals surface area contributed by atoms with Gasteiger partial charge in [0.15, 0.2) is 5.78 Å². The third-order valence-electron chi connectivity index (χ3n) is 6.66. The van der Waals surface area contributed by atoms with E-state index < -0.39 is 0 Å². The van der Waals surface area contributed by atoms with Crippen molar-refractivity contribution in [2.45, 2.75) is 110 Å². The number of aryl methyl sites for hydroxylation is 2. The first-order valence-electron chi connectivity index (χ1n) is 13.6. The number of benzene rings is 2. The topological polar surface area (TPSA) is 17.1 Å². The molecule has 0 spiro atoms. The smallest absolute Gasteiger partial charge is 0.185 e. The van der Waals surface area contributed by atoms with E-state index in [2.05, 4.69) is 32.0 Å². The molecular weight excluding hydrogens is 400 g/mol. The van der Waals surface area contributed by atoms with Crippen LogP contribution in [0.25, 0.3) is 6.08 Å². The Morgan fingerprint density at radius 2 is 1.24 bits per heavy atom. The van der Waals surface area contributed by atoms with Crippen LogP contribution in [0, 0.1) is 6.92 Å². The Morgan fingerprint density at radius 1 is 0.697 bits per heavy atom. The molecule has 0 aliphatic rings. The second kappa shape index (κ2) is 17.3. The lowest BCUT2D eigenvalue weighted by Gasteiger charge is -2.08. The lowest BCUT2D eigenvalue weighted by atomic mass is 9.98. The van der Waals surface area contributed by atoms with Gasteiger partial charge in [0.25, 0.3) is 0 Å². The van der Waals surface area contributed by atoms with Crippen LogP contribution < -0.4 is 0 Å². The molecular formula is C32H46O. The van der Waals surface area contributed by atoms with Crippen LogP contribution >= 0.6 is 0 Å². The number of carbonyl (C=O) groups excluding carboxylic acids is 1. The fraction of sp³-hybridized carbons (Fsp3) is 0.531. The summed E-state index contributed by atoms with van der Waals surface area (Å²) in [7, 11) is 0. The van der Waals surface area contributed by atoms with Crippen molar-refractivity contribution in [3.05, 3.63) is 76.9 Å². The fourth-order valence-corrected chi connectivity index (χ4v) is 4.44. The Morgan fingerprint density at radius 3 is 1.82 bits per heavy atom. The fourth-order valence-electron chi connectivity index (χ4n) is 4.44. The van der Waals surface area contributed by atoms with Gasteiger partial charge in [0, 0.05) is 5.56 Å². The Labute approximate surface area is 203 Å². The monoisotopic (exact) mass is 446 g/mol. The van der Waals surface area contributed by atoms with Gasteiger partial charge in [0.05, 0.1) is 0 Å². The molecule has 0 bridgehead atoms. The first-order valence-corrected chi connectivity index (χ1v) is 13.6. The number of allylic oxidation sites excluding steroid dienone is 1. The Balaban J connectivity index is 1.57. The minimum absolute atomic E-state index is 0.0599. The van der Waals surface area contributed by atoms with Crippen molar-refractivity contribution >= 4 is 11.9 Å². The molecule has 0 aliphatic heterocycles. The van der Waals surface area contributed by atoms with E-state index in [-0.39, 0.29) is 5.78 Å². The molecule has 0 atom stereocenters. The highest BCUT2D eigenvalue weighted by atomic mass is 16.1. The van der Waals surface area contributed by atoms with Gasteiger partial charge >= 0.3 is 0 Å². The average molecular weight is 447 g/mol. The molecule has 1 heteroatoms. The summed E-state index contributed by atoms with van der Waals surface area (Å²) in [4.78, 5) is 12.3. The molecule has 0 aliphatic carbocycles. The number of ketones is 1. The number of unbranched alkanes of at least 4 members (excludes halogenated alkanes) is 13. The van der Waals surface area contributed by atoms with Gasteiger partial charge in [-0.1, -0.05) is 145 Å². The summed E-state index contributed by atoms with van der Waals surface area (Å²) in [5.74, 6) is 0.0599. The standard InChI is InChI=1S/C32H46O/c1-3-4-5-6-7-8-9-10-11-12-13-14-15-17-22-31-27-29(24-23-28(31)2)25-26-32(33)30-20-18-16-19-21-30/h16,18-21,23-27H,3-15,17,22H2,1-2H3. The van der Waals surface area contributed by atoms with Crippen molar-refractivity contribution in [1.82, 2.24) is 0 Å². The quantitative estimate of drug-likeness (QED) is 0.126. The number of carbonyl (C=O) groups is 1. The molecule has 0 aromatic heterocycles. The van der Waals surface area contributed by atoms with Gasteiger partial charge in [-0.3, -0.25) is 4.79 Å². The van der Waals surface area contributed by atoms with Crippen LogP contribution in [0.5, 0.6) is 0 Å². The minimum Gasteiger partial charge on any atom is -0.289 e. The summed E-state index contributed by atoms with van der Waals surface area (Å²) >= 11 is 0. The van der Waals surface area contributed by atoms with Crippen LogP contribution in [0.15, 0.2) is 54.6 Å². The van der Waals surface area contributed by atoms with Crippen molar-refractivity contribution < 1.29 is 4.79 Å². The second-order valence-corrected chi connectivity index (χ2v) is 9.60. The van der Waals surface area contributed by atoms with E-state index in [0.717, 1.165) is 17.5 Å². The third-order valence-corrected chi connectivity index (χ3v) is 6.66. The molecule has 0 saturated heterocycles. The second-order valence-electron chi connectivity index (χ2n) is 9.60. The van der Waals surface area contributed by atoms with Crippen molar-refractivity contribution in [2.75, 3.05) is 0 Å². The molecule has 2 aromatic carbocycles. The molecule has 0 N–H and O–H groups in total. The lowest BCUT2D eigenvalue weighted by Crippen LogP contribution is -1.94. The molecule has 0 radical (unpaired) electrons. The van der Waals surface area contributed by atoms with Gasteiger partial charge in [0.2, 0.25) is 0 Å². The molecule has 2 aromatic rings. The molecule has 0 saturated carbocycles. The van der Waals surface area contributed by atoms with Crippen molar-refractivity contribution in [2.24, 2.45) is 0 Å². The van der Waals surface area contributed by atoms with Gasteiger partial charge in [0.1, 0.15) is 0 Å². The zero-order chi connectivity index (χ0) is 23.6. The average Bonchev–Trinajstić information content (AvgIpc) is 2.84. The van der Waals surface area contributed by atoms with E-state index >= 15 is 0 Å². The summed E-state index contributed by atoms with van der Waals surface area (Å²) < 4.78 is 0. The molecule has 0 unspecified atom stereocenters. The molecule has 2 rings (SSSR count). The van der Waals surface area contributed by atoms with E-state index in [1.807, 2.05) is 36.4 Å². The van der Waals surface area contributed by atoms with Crippen LogP contribution in [-0.4, -0.2) is 5.78 Å². The molecule has 1 nitrogen and oxygen atoms in total. The van der Waals surface area contributed by atoms with E-state index in [1.54, 1.807) is 6.08 Å². The van der Waals surface area contributed by atoms with Crippen LogP contribution in [-0.2, 0) is 6.42 Å². The summed E-state index contributed by atoms with van der Waals surface area (Å²) in [6.45, 7) is 4.48. The highest BCUT2D eigenvalue weighted by Crippen LogP contribution is 2.18. The summed E-state index contributed by atoms with van der Waals surface area (Å²) in [5.41, 5.74) is 4.63. The Hall–Kier alpha value is -2.15. The maximum Gasteiger partial charge on any atom is 0.185 e. The maximum absolute atomic E-state index is 12.3. The minimum atomic E-state index is 0.0599.